The summed E-state index contributed by atoms with van der Waals surface area (Å²) in [5, 5.41) is 3.01. The Bertz CT molecular complexity index is 869. The van der Waals surface area contributed by atoms with E-state index in [0.717, 1.165) is 22.4 Å². The molecule has 0 radical (unpaired) electrons. The summed E-state index contributed by atoms with van der Waals surface area (Å²) in [5.74, 6) is 0.688. The molecule has 3 rings (SSSR count). The molecule has 3 aromatic carbocycles. The van der Waals surface area contributed by atoms with Gasteiger partial charge in [-0.2, -0.15) is 0 Å². The van der Waals surface area contributed by atoms with Crippen LogP contribution in [0.2, 0.25) is 0 Å². The lowest BCUT2D eigenvalue weighted by atomic mass is 10.0. The summed E-state index contributed by atoms with van der Waals surface area (Å²) >= 11 is 0. The van der Waals surface area contributed by atoms with Crippen molar-refractivity contribution in [2.75, 3.05) is 7.11 Å². The second-order valence-corrected chi connectivity index (χ2v) is 5.87. The van der Waals surface area contributed by atoms with Gasteiger partial charge in [0, 0.05) is 12.1 Å². The van der Waals surface area contributed by atoms with E-state index in [-0.39, 0.29) is 5.91 Å². The van der Waals surface area contributed by atoms with Gasteiger partial charge in [0.2, 0.25) is 0 Å². The predicted octanol–water partition coefficient (Wildman–Crippen LogP) is 4.55. The van der Waals surface area contributed by atoms with Gasteiger partial charge in [-0.15, -0.1) is 0 Å². The molecule has 3 nitrogen and oxygen atoms in total. The number of benzene rings is 3. The van der Waals surface area contributed by atoms with Gasteiger partial charge in [0.25, 0.3) is 5.91 Å². The smallest absolute Gasteiger partial charge is 0.252 e. The number of nitrogens with one attached hydrogen (secondary N) is 1. The Balaban J connectivity index is 1.85. The lowest BCUT2D eigenvalue weighted by Gasteiger charge is -2.10. The van der Waals surface area contributed by atoms with Crippen molar-refractivity contribution in [3.05, 3.63) is 102 Å². The van der Waals surface area contributed by atoms with Crippen LogP contribution in [0.5, 0.6) is 5.75 Å². The Morgan fingerprint density at radius 1 is 0.885 bits per heavy atom. The van der Waals surface area contributed by atoms with Crippen LogP contribution >= 0.6 is 0 Å². The van der Waals surface area contributed by atoms with Crippen molar-refractivity contribution in [1.82, 2.24) is 5.32 Å². The van der Waals surface area contributed by atoms with E-state index in [1.807, 2.05) is 91.0 Å². The number of hydrogen-bond acceptors (Lipinski definition) is 2. The standard InChI is InChI=1S/C23H21NO2/c1-26-21-14-12-18(13-15-21)16-22(20-10-6-3-7-11-20)23(25)24-17-19-8-4-2-5-9-19/h2-16H,17H2,1H3,(H,24,25). The number of amides is 1. The van der Waals surface area contributed by atoms with Crippen LogP contribution in [0.1, 0.15) is 16.7 Å². The number of rotatable bonds is 6. The van der Waals surface area contributed by atoms with Gasteiger partial charge in [-0.1, -0.05) is 72.8 Å². The summed E-state index contributed by atoms with van der Waals surface area (Å²) < 4.78 is 5.19. The topological polar surface area (TPSA) is 38.3 Å². The van der Waals surface area contributed by atoms with Gasteiger partial charge in [-0.05, 0) is 34.9 Å². The van der Waals surface area contributed by atoms with Crippen LogP contribution < -0.4 is 10.1 Å². The molecule has 0 aliphatic carbocycles. The highest BCUT2D eigenvalue weighted by Crippen LogP contribution is 2.20. The number of ether oxygens (including phenoxy) is 1. The van der Waals surface area contributed by atoms with Gasteiger partial charge in [-0.25, -0.2) is 0 Å². The maximum absolute atomic E-state index is 12.8. The van der Waals surface area contributed by atoms with Crippen LogP contribution in [0.4, 0.5) is 0 Å². The van der Waals surface area contributed by atoms with E-state index in [2.05, 4.69) is 5.32 Å². The number of carbonyl (C=O) groups is 1. The van der Waals surface area contributed by atoms with Crippen LogP contribution in [-0.2, 0) is 11.3 Å². The predicted molar refractivity (Wildman–Crippen MR) is 106 cm³/mol. The largest absolute Gasteiger partial charge is 0.497 e. The van der Waals surface area contributed by atoms with Gasteiger partial charge >= 0.3 is 0 Å². The summed E-state index contributed by atoms with van der Waals surface area (Å²) in [6.45, 7) is 0.493. The molecule has 0 aliphatic rings. The molecule has 1 amide bonds. The zero-order valence-electron chi connectivity index (χ0n) is 14.7. The molecule has 0 unspecified atom stereocenters. The summed E-state index contributed by atoms with van der Waals surface area (Å²) in [7, 11) is 1.64. The summed E-state index contributed by atoms with van der Waals surface area (Å²) in [6.07, 6.45) is 1.90. The van der Waals surface area contributed by atoms with Crippen molar-refractivity contribution in [1.29, 1.82) is 0 Å². The fourth-order valence-electron chi connectivity index (χ4n) is 2.64. The van der Waals surface area contributed by atoms with E-state index in [0.29, 0.717) is 12.1 Å². The highest BCUT2D eigenvalue weighted by Gasteiger charge is 2.12. The highest BCUT2D eigenvalue weighted by atomic mass is 16.5. The van der Waals surface area contributed by atoms with Gasteiger partial charge < -0.3 is 10.1 Å². The van der Waals surface area contributed by atoms with E-state index in [4.69, 9.17) is 4.74 Å². The van der Waals surface area contributed by atoms with E-state index in [9.17, 15) is 4.79 Å². The molecule has 3 heteroatoms. The van der Waals surface area contributed by atoms with E-state index >= 15 is 0 Å². The van der Waals surface area contributed by atoms with Crippen molar-refractivity contribution in [3.8, 4) is 5.75 Å². The molecule has 26 heavy (non-hydrogen) atoms. The van der Waals surface area contributed by atoms with Gasteiger partial charge in [-0.3, -0.25) is 4.79 Å². The summed E-state index contributed by atoms with van der Waals surface area (Å²) in [6, 6.07) is 27.2. The minimum Gasteiger partial charge on any atom is -0.497 e. The van der Waals surface area contributed by atoms with Gasteiger partial charge in [0.05, 0.1) is 7.11 Å². The quantitative estimate of drug-likeness (QED) is 0.527. The van der Waals surface area contributed by atoms with Crippen molar-refractivity contribution in [3.63, 3.8) is 0 Å². The zero-order valence-corrected chi connectivity index (χ0v) is 14.7. The molecule has 0 saturated heterocycles. The monoisotopic (exact) mass is 343 g/mol. The molecule has 0 fully saturated rings. The third-order valence-corrected chi connectivity index (χ3v) is 4.05. The number of methoxy groups -OCH3 is 1. The molecule has 0 spiro atoms. The first kappa shape index (κ1) is 17.5. The van der Waals surface area contributed by atoms with Crippen molar-refractivity contribution >= 4 is 17.6 Å². The van der Waals surface area contributed by atoms with E-state index in [1.165, 1.54) is 0 Å². The van der Waals surface area contributed by atoms with Crippen LogP contribution in [0, 0.1) is 0 Å². The lowest BCUT2D eigenvalue weighted by Crippen LogP contribution is -2.23. The maximum Gasteiger partial charge on any atom is 0.252 e. The van der Waals surface area contributed by atoms with Crippen molar-refractivity contribution in [2.45, 2.75) is 6.54 Å². The first-order chi connectivity index (χ1) is 12.8. The lowest BCUT2D eigenvalue weighted by molar-refractivity contribution is -0.115. The fourth-order valence-corrected chi connectivity index (χ4v) is 2.64. The molecule has 3 aromatic rings. The second-order valence-electron chi connectivity index (χ2n) is 5.87. The van der Waals surface area contributed by atoms with Gasteiger partial charge in [0.15, 0.2) is 0 Å². The minimum atomic E-state index is -0.101. The SMILES string of the molecule is COc1ccc(C=C(C(=O)NCc2ccccc2)c2ccccc2)cc1. The van der Waals surface area contributed by atoms with Crippen LogP contribution in [0.3, 0.4) is 0 Å². The van der Waals surface area contributed by atoms with E-state index in [1.54, 1.807) is 7.11 Å². The average Bonchev–Trinajstić information content (AvgIpc) is 2.72. The molecule has 0 aromatic heterocycles. The molecule has 0 heterocycles. The Labute approximate surface area is 154 Å². The molecule has 0 aliphatic heterocycles. The average molecular weight is 343 g/mol. The number of carbonyl (C=O) groups excluding carboxylic acids is 1. The molecule has 130 valence electrons. The molecular weight excluding hydrogens is 322 g/mol. The molecule has 0 bridgehead atoms. The minimum absolute atomic E-state index is 0.101. The fraction of sp³-hybridized carbons (Fsp3) is 0.0870. The van der Waals surface area contributed by atoms with Crippen molar-refractivity contribution in [2.24, 2.45) is 0 Å². The summed E-state index contributed by atoms with van der Waals surface area (Å²) in [5.41, 5.74) is 3.53. The third kappa shape index (κ3) is 4.61. The Kier molecular flexibility index (Phi) is 5.84. The van der Waals surface area contributed by atoms with E-state index < -0.39 is 0 Å². The molecule has 1 N–H and O–H groups in total. The normalized spacial score (nSPS) is 11.0. The van der Waals surface area contributed by atoms with Crippen LogP contribution in [0.15, 0.2) is 84.9 Å². The summed E-state index contributed by atoms with van der Waals surface area (Å²) in [4.78, 5) is 12.8. The molecule has 0 saturated carbocycles. The van der Waals surface area contributed by atoms with Gasteiger partial charge in [0.1, 0.15) is 5.75 Å². The van der Waals surface area contributed by atoms with Crippen LogP contribution in [0.25, 0.3) is 11.6 Å². The Morgan fingerprint density at radius 2 is 1.50 bits per heavy atom. The first-order valence-corrected chi connectivity index (χ1v) is 8.49. The highest BCUT2D eigenvalue weighted by molar-refractivity contribution is 6.24. The number of hydrogen-bond donors (Lipinski definition) is 1. The van der Waals surface area contributed by atoms with Crippen molar-refractivity contribution < 1.29 is 9.53 Å². The van der Waals surface area contributed by atoms with Crippen LogP contribution in [-0.4, -0.2) is 13.0 Å². The Hall–Kier alpha value is -3.33. The molecular formula is C23H21NO2. The second kappa shape index (κ2) is 8.67. The maximum atomic E-state index is 12.8. The zero-order chi connectivity index (χ0) is 18.2. The first-order valence-electron chi connectivity index (χ1n) is 8.49. The Morgan fingerprint density at radius 3 is 2.12 bits per heavy atom. The molecule has 0 atom stereocenters. The third-order valence-electron chi connectivity index (χ3n) is 4.05.